The van der Waals surface area contributed by atoms with Crippen LogP contribution in [0.5, 0.6) is 0 Å². The van der Waals surface area contributed by atoms with Gasteiger partial charge in [0.2, 0.25) is 0 Å². The molecule has 1 heterocycles. The highest BCUT2D eigenvalue weighted by Crippen LogP contribution is 2.33. The molecule has 0 bridgehead atoms. The molecule has 1 atom stereocenters. The van der Waals surface area contributed by atoms with E-state index in [1.807, 2.05) is 51.1 Å². The fourth-order valence-electron chi connectivity index (χ4n) is 3.84. The van der Waals surface area contributed by atoms with Crippen molar-refractivity contribution in [3.8, 4) is 0 Å². The maximum atomic E-state index is 13.0. The summed E-state index contributed by atoms with van der Waals surface area (Å²) in [5.74, 6) is -0.247. The lowest BCUT2D eigenvalue weighted by atomic mass is 9.95. The molecule has 31 heavy (non-hydrogen) atoms. The number of ether oxygens (including phenoxy) is 1. The summed E-state index contributed by atoms with van der Waals surface area (Å²) in [6.07, 6.45) is -4.35. The highest BCUT2D eigenvalue weighted by molar-refractivity contribution is 5.72. The molecule has 1 saturated heterocycles. The van der Waals surface area contributed by atoms with Crippen LogP contribution in [0.1, 0.15) is 43.5 Å². The average Bonchev–Trinajstić information content (AvgIpc) is 2.69. The minimum absolute atomic E-state index is 0.146. The van der Waals surface area contributed by atoms with E-state index in [1.54, 1.807) is 12.1 Å². The van der Waals surface area contributed by atoms with Crippen LogP contribution in [0, 0.1) is 0 Å². The standard InChI is InChI=1S/C24H29F3N2O2/c1-23(2,3)31-21(30)17-28-13-15-29(16-14-28)22(18-7-5-4-6-8-18)19-9-11-20(12-10-19)24(25,26)27/h4-12,22H,13-17H2,1-3H3. The van der Waals surface area contributed by atoms with Crippen LogP contribution in [-0.2, 0) is 15.7 Å². The Kier molecular flexibility index (Phi) is 7.06. The molecule has 1 fully saturated rings. The van der Waals surface area contributed by atoms with Gasteiger partial charge in [-0.25, -0.2) is 0 Å². The van der Waals surface area contributed by atoms with Gasteiger partial charge in [0, 0.05) is 26.2 Å². The predicted molar refractivity (Wildman–Crippen MR) is 114 cm³/mol. The van der Waals surface area contributed by atoms with E-state index in [2.05, 4.69) is 9.80 Å². The quantitative estimate of drug-likeness (QED) is 0.636. The van der Waals surface area contributed by atoms with E-state index in [0.717, 1.165) is 23.3 Å². The maximum Gasteiger partial charge on any atom is 0.416 e. The van der Waals surface area contributed by atoms with E-state index in [9.17, 15) is 18.0 Å². The average molecular weight is 435 g/mol. The summed E-state index contributed by atoms with van der Waals surface area (Å²) in [7, 11) is 0. The summed E-state index contributed by atoms with van der Waals surface area (Å²) in [6.45, 7) is 8.53. The molecule has 7 heteroatoms. The van der Waals surface area contributed by atoms with Gasteiger partial charge in [0.1, 0.15) is 5.60 Å². The first kappa shape index (κ1) is 23.3. The van der Waals surface area contributed by atoms with Crippen LogP contribution < -0.4 is 0 Å². The molecule has 2 aromatic rings. The Morgan fingerprint density at radius 1 is 0.903 bits per heavy atom. The molecular weight excluding hydrogens is 405 g/mol. The number of carbonyl (C=O) groups is 1. The first-order valence-corrected chi connectivity index (χ1v) is 10.4. The summed E-state index contributed by atoms with van der Waals surface area (Å²) in [5, 5.41) is 0. The van der Waals surface area contributed by atoms with E-state index >= 15 is 0 Å². The topological polar surface area (TPSA) is 32.8 Å². The number of rotatable bonds is 5. The summed E-state index contributed by atoms with van der Waals surface area (Å²) >= 11 is 0. The van der Waals surface area contributed by atoms with Crippen molar-refractivity contribution in [2.24, 2.45) is 0 Å². The number of alkyl halides is 3. The Morgan fingerprint density at radius 3 is 1.97 bits per heavy atom. The van der Waals surface area contributed by atoms with E-state index in [0.29, 0.717) is 26.2 Å². The van der Waals surface area contributed by atoms with Crippen molar-refractivity contribution in [3.63, 3.8) is 0 Å². The normalized spacial score (nSPS) is 17.4. The van der Waals surface area contributed by atoms with Crippen molar-refractivity contribution in [2.45, 2.75) is 38.6 Å². The molecule has 0 spiro atoms. The van der Waals surface area contributed by atoms with Crippen LogP contribution in [0.2, 0.25) is 0 Å². The zero-order valence-corrected chi connectivity index (χ0v) is 18.2. The van der Waals surface area contributed by atoms with Crippen molar-refractivity contribution in [3.05, 3.63) is 71.3 Å². The van der Waals surface area contributed by atoms with Gasteiger partial charge in [-0.3, -0.25) is 14.6 Å². The molecule has 0 aliphatic carbocycles. The van der Waals surface area contributed by atoms with Crippen LogP contribution in [0.25, 0.3) is 0 Å². The number of piperazine rings is 1. The molecule has 1 aliphatic heterocycles. The van der Waals surface area contributed by atoms with Gasteiger partial charge < -0.3 is 4.74 Å². The maximum absolute atomic E-state index is 13.0. The molecule has 1 unspecified atom stereocenters. The zero-order chi connectivity index (χ0) is 22.6. The first-order valence-electron chi connectivity index (χ1n) is 10.4. The van der Waals surface area contributed by atoms with Gasteiger partial charge in [-0.05, 0) is 44.0 Å². The van der Waals surface area contributed by atoms with Crippen molar-refractivity contribution in [1.29, 1.82) is 0 Å². The van der Waals surface area contributed by atoms with Gasteiger partial charge >= 0.3 is 12.1 Å². The third-order valence-corrected chi connectivity index (χ3v) is 5.21. The molecule has 0 saturated carbocycles. The molecule has 0 amide bonds. The predicted octanol–water partition coefficient (Wildman–Crippen LogP) is 4.75. The third-order valence-electron chi connectivity index (χ3n) is 5.21. The zero-order valence-electron chi connectivity index (χ0n) is 18.2. The molecule has 1 aliphatic rings. The number of carbonyl (C=O) groups excluding carboxylic acids is 1. The van der Waals surface area contributed by atoms with Gasteiger partial charge in [0.25, 0.3) is 0 Å². The Labute approximate surface area is 181 Å². The Balaban J connectivity index is 1.73. The van der Waals surface area contributed by atoms with Crippen LogP contribution in [0.15, 0.2) is 54.6 Å². The van der Waals surface area contributed by atoms with E-state index in [1.165, 1.54) is 0 Å². The van der Waals surface area contributed by atoms with E-state index in [-0.39, 0.29) is 18.6 Å². The lowest BCUT2D eigenvalue weighted by molar-refractivity contribution is -0.156. The minimum Gasteiger partial charge on any atom is -0.459 e. The third kappa shape index (κ3) is 6.55. The number of nitrogens with zero attached hydrogens (tertiary/aromatic N) is 2. The van der Waals surface area contributed by atoms with Crippen LogP contribution in [0.4, 0.5) is 13.2 Å². The number of hydrogen-bond acceptors (Lipinski definition) is 4. The fourth-order valence-corrected chi connectivity index (χ4v) is 3.84. The second-order valence-corrected chi connectivity index (χ2v) is 8.83. The number of hydrogen-bond donors (Lipinski definition) is 0. The van der Waals surface area contributed by atoms with Crippen LogP contribution in [0.3, 0.4) is 0 Å². The highest BCUT2D eigenvalue weighted by Gasteiger charge is 2.32. The van der Waals surface area contributed by atoms with Gasteiger partial charge in [-0.1, -0.05) is 42.5 Å². The summed E-state index contributed by atoms with van der Waals surface area (Å²) < 4.78 is 44.4. The molecule has 4 nitrogen and oxygen atoms in total. The van der Waals surface area contributed by atoms with Crippen molar-refractivity contribution in [1.82, 2.24) is 9.80 Å². The Morgan fingerprint density at radius 2 is 1.45 bits per heavy atom. The van der Waals surface area contributed by atoms with E-state index in [4.69, 9.17) is 4.74 Å². The first-order chi connectivity index (χ1) is 14.5. The number of halogens is 3. The molecule has 3 rings (SSSR count). The lowest BCUT2D eigenvalue weighted by Gasteiger charge is -2.39. The monoisotopic (exact) mass is 434 g/mol. The van der Waals surface area contributed by atoms with Gasteiger partial charge in [-0.15, -0.1) is 0 Å². The van der Waals surface area contributed by atoms with Gasteiger partial charge in [-0.2, -0.15) is 13.2 Å². The molecule has 2 aromatic carbocycles. The van der Waals surface area contributed by atoms with Gasteiger partial charge in [0.05, 0.1) is 18.2 Å². The summed E-state index contributed by atoms with van der Waals surface area (Å²) in [6, 6.07) is 15.1. The second kappa shape index (κ2) is 9.40. The fraction of sp³-hybridized carbons (Fsp3) is 0.458. The lowest BCUT2D eigenvalue weighted by Crippen LogP contribution is -2.49. The molecule has 0 aromatic heterocycles. The Bertz CT molecular complexity index is 853. The molecule has 0 radical (unpaired) electrons. The number of benzene rings is 2. The Hall–Kier alpha value is -2.38. The SMILES string of the molecule is CC(C)(C)OC(=O)CN1CCN(C(c2ccccc2)c2ccc(C(F)(F)F)cc2)CC1. The smallest absolute Gasteiger partial charge is 0.416 e. The minimum atomic E-state index is -4.35. The van der Waals surface area contributed by atoms with Crippen molar-refractivity contribution >= 4 is 5.97 Å². The number of esters is 1. The largest absolute Gasteiger partial charge is 0.459 e. The summed E-state index contributed by atoms with van der Waals surface area (Å²) in [4.78, 5) is 16.4. The highest BCUT2D eigenvalue weighted by atomic mass is 19.4. The summed E-state index contributed by atoms with van der Waals surface area (Å²) in [5.41, 5.74) is 0.688. The molecular formula is C24H29F3N2O2. The second-order valence-electron chi connectivity index (χ2n) is 8.83. The van der Waals surface area contributed by atoms with E-state index < -0.39 is 17.3 Å². The van der Waals surface area contributed by atoms with Crippen LogP contribution in [-0.4, -0.2) is 54.1 Å². The van der Waals surface area contributed by atoms with Crippen molar-refractivity contribution < 1.29 is 22.7 Å². The van der Waals surface area contributed by atoms with Crippen LogP contribution >= 0.6 is 0 Å². The van der Waals surface area contributed by atoms with Crippen molar-refractivity contribution in [2.75, 3.05) is 32.7 Å². The van der Waals surface area contributed by atoms with Gasteiger partial charge in [0.15, 0.2) is 0 Å². The molecule has 168 valence electrons. The molecule has 0 N–H and O–H groups in total.